The number of amides is 1. The molecule has 5 nitrogen and oxygen atoms in total. The first-order valence-electron chi connectivity index (χ1n) is 5.37. The van der Waals surface area contributed by atoms with Gasteiger partial charge in [0.1, 0.15) is 0 Å². The van der Waals surface area contributed by atoms with Gasteiger partial charge in [0.2, 0.25) is 5.91 Å². The van der Waals surface area contributed by atoms with Gasteiger partial charge in [0, 0.05) is 25.6 Å². The molecule has 1 unspecified atom stereocenters. The highest BCUT2D eigenvalue weighted by Crippen LogP contribution is 2.18. The average Bonchev–Trinajstić information content (AvgIpc) is 2.96. The summed E-state index contributed by atoms with van der Waals surface area (Å²) in [4.78, 5) is 11.2. The standard InChI is InChI=1S/C10H20N2O3/c1-10(15,7-13)6-11-5-4-9(14)12-8-2-3-8/h8,11,13,15H,2-7H2,1H3,(H,12,14). The molecule has 1 aliphatic rings. The average molecular weight is 216 g/mol. The number of aliphatic hydroxyl groups excluding tert-OH is 1. The van der Waals surface area contributed by atoms with Crippen LogP contribution < -0.4 is 10.6 Å². The predicted octanol–water partition coefficient (Wildman–Crippen LogP) is -1.01. The van der Waals surface area contributed by atoms with E-state index in [9.17, 15) is 9.90 Å². The number of hydrogen-bond acceptors (Lipinski definition) is 4. The third-order valence-corrected chi connectivity index (χ3v) is 2.32. The summed E-state index contributed by atoms with van der Waals surface area (Å²) in [6.07, 6.45) is 2.61. The van der Waals surface area contributed by atoms with Crippen molar-refractivity contribution in [3.05, 3.63) is 0 Å². The van der Waals surface area contributed by atoms with Gasteiger partial charge >= 0.3 is 0 Å². The first kappa shape index (κ1) is 12.4. The van der Waals surface area contributed by atoms with Crippen molar-refractivity contribution in [3.63, 3.8) is 0 Å². The number of carbonyl (C=O) groups excluding carboxylic acids is 1. The fourth-order valence-corrected chi connectivity index (χ4v) is 1.14. The van der Waals surface area contributed by atoms with Crippen LogP contribution in [0.2, 0.25) is 0 Å². The van der Waals surface area contributed by atoms with Crippen LogP contribution in [-0.4, -0.2) is 47.5 Å². The molecular formula is C10H20N2O3. The zero-order valence-corrected chi connectivity index (χ0v) is 9.12. The quantitative estimate of drug-likeness (QED) is 0.411. The molecule has 0 aliphatic heterocycles. The Kier molecular flexibility index (Phi) is 4.50. The lowest BCUT2D eigenvalue weighted by molar-refractivity contribution is -0.121. The molecule has 0 aromatic carbocycles. The molecule has 0 aromatic rings. The molecule has 0 heterocycles. The van der Waals surface area contributed by atoms with Gasteiger partial charge in [-0.3, -0.25) is 4.79 Å². The van der Waals surface area contributed by atoms with Gasteiger partial charge in [0.05, 0.1) is 12.2 Å². The van der Waals surface area contributed by atoms with Crippen LogP contribution >= 0.6 is 0 Å². The molecule has 0 spiro atoms. The summed E-state index contributed by atoms with van der Waals surface area (Å²) in [5.41, 5.74) is -1.10. The Morgan fingerprint density at radius 1 is 1.53 bits per heavy atom. The molecule has 0 bridgehead atoms. The van der Waals surface area contributed by atoms with E-state index in [4.69, 9.17) is 5.11 Å². The predicted molar refractivity (Wildman–Crippen MR) is 56.4 cm³/mol. The first-order chi connectivity index (χ1) is 7.03. The van der Waals surface area contributed by atoms with Crippen LogP contribution in [0.15, 0.2) is 0 Å². The number of hydrogen-bond donors (Lipinski definition) is 4. The highest BCUT2D eigenvalue weighted by molar-refractivity contribution is 5.76. The number of rotatable bonds is 7. The van der Waals surface area contributed by atoms with Crippen molar-refractivity contribution < 1.29 is 15.0 Å². The maximum absolute atomic E-state index is 11.2. The van der Waals surface area contributed by atoms with Gasteiger partial charge in [-0.15, -0.1) is 0 Å². The molecule has 0 aromatic heterocycles. The smallest absolute Gasteiger partial charge is 0.221 e. The summed E-state index contributed by atoms with van der Waals surface area (Å²) in [6.45, 7) is 2.08. The topological polar surface area (TPSA) is 81.6 Å². The molecule has 1 amide bonds. The van der Waals surface area contributed by atoms with Gasteiger partial charge in [-0.2, -0.15) is 0 Å². The largest absolute Gasteiger partial charge is 0.393 e. The molecule has 4 N–H and O–H groups in total. The van der Waals surface area contributed by atoms with Crippen molar-refractivity contribution in [1.29, 1.82) is 0 Å². The van der Waals surface area contributed by atoms with Gasteiger partial charge in [-0.25, -0.2) is 0 Å². The van der Waals surface area contributed by atoms with Gasteiger partial charge in [-0.05, 0) is 19.8 Å². The van der Waals surface area contributed by atoms with Crippen molar-refractivity contribution in [1.82, 2.24) is 10.6 Å². The van der Waals surface area contributed by atoms with E-state index in [2.05, 4.69) is 10.6 Å². The summed E-state index contributed by atoms with van der Waals surface area (Å²) in [5.74, 6) is 0.0497. The monoisotopic (exact) mass is 216 g/mol. The fraction of sp³-hybridized carbons (Fsp3) is 0.900. The van der Waals surface area contributed by atoms with Gasteiger partial charge < -0.3 is 20.8 Å². The van der Waals surface area contributed by atoms with Crippen molar-refractivity contribution in [2.75, 3.05) is 19.7 Å². The highest BCUT2D eigenvalue weighted by atomic mass is 16.3. The van der Waals surface area contributed by atoms with E-state index in [1.807, 2.05) is 0 Å². The van der Waals surface area contributed by atoms with Crippen molar-refractivity contribution in [2.45, 2.75) is 37.8 Å². The highest BCUT2D eigenvalue weighted by Gasteiger charge is 2.23. The summed E-state index contributed by atoms with van der Waals surface area (Å²) in [7, 11) is 0. The maximum atomic E-state index is 11.2. The Bertz CT molecular complexity index is 215. The van der Waals surface area contributed by atoms with E-state index < -0.39 is 5.60 Å². The van der Waals surface area contributed by atoms with Crippen LogP contribution in [0.5, 0.6) is 0 Å². The molecule has 5 heteroatoms. The Morgan fingerprint density at radius 3 is 2.73 bits per heavy atom. The molecular weight excluding hydrogens is 196 g/mol. The lowest BCUT2D eigenvalue weighted by atomic mass is 10.1. The van der Waals surface area contributed by atoms with E-state index >= 15 is 0 Å². The lowest BCUT2D eigenvalue weighted by Crippen LogP contribution is -2.42. The molecule has 1 saturated carbocycles. The van der Waals surface area contributed by atoms with Crippen LogP contribution in [0.4, 0.5) is 0 Å². The zero-order chi connectivity index (χ0) is 11.3. The van der Waals surface area contributed by atoms with E-state index in [0.717, 1.165) is 12.8 Å². The fourth-order valence-electron chi connectivity index (χ4n) is 1.14. The van der Waals surface area contributed by atoms with E-state index in [1.54, 1.807) is 6.92 Å². The Hall–Kier alpha value is -0.650. The Balaban J connectivity index is 1.98. The third-order valence-electron chi connectivity index (χ3n) is 2.32. The van der Waals surface area contributed by atoms with Crippen LogP contribution in [0, 0.1) is 0 Å². The van der Waals surface area contributed by atoms with Gasteiger partial charge in [0.15, 0.2) is 0 Å². The molecule has 0 saturated heterocycles. The lowest BCUT2D eigenvalue weighted by Gasteiger charge is -2.20. The third kappa shape index (κ3) is 5.71. The van der Waals surface area contributed by atoms with Crippen LogP contribution in [0.25, 0.3) is 0 Å². The Labute approximate surface area is 89.9 Å². The maximum Gasteiger partial charge on any atom is 0.221 e. The van der Waals surface area contributed by atoms with Crippen LogP contribution in [0.1, 0.15) is 26.2 Å². The number of aliphatic hydroxyl groups is 2. The molecule has 88 valence electrons. The first-order valence-corrected chi connectivity index (χ1v) is 5.37. The molecule has 1 aliphatic carbocycles. The van der Waals surface area contributed by atoms with Crippen molar-refractivity contribution in [2.24, 2.45) is 0 Å². The van der Waals surface area contributed by atoms with Crippen molar-refractivity contribution in [3.8, 4) is 0 Å². The van der Waals surface area contributed by atoms with Gasteiger partial charge in [0.25, 0.3) is 0 Å². The Morgan fingerprint density at radius 2 is 2.20 bits per heavy atom. The minimum Gasteiger partial charge on any atom is -0.393 e. The minimum absolute atomic E-state index is 0.0497. The SMILES string of the molecule is CC(O)(CO)CNCCC(=O)NC1CC1. The van der Waals surface area contributed by atoms with E-state index in [0.29, 0.717) is 25.6 Å². The van der Waals surface area contributed by atoms with Gasteiger partial charge in [-0.1, -0.05) is 0 Å². The zero-order valence-electron chi connectivity index (χ0n) is 9.12. The molecule has 1 rings (SSSR count). The van der Waals surface area contributed by atoms with E-state index in [1.165, 1.54) is 0 Å². The number of nitrogens with one attached hydrogen (secondary N) is 2. The van der Waals surface area contributed by atoms with Crippen molar-refractivity contribution >= 4 is 5.91 Å². The second-order valence-corrected chi connectivity index (χ2v) is 4.42. The van der Waals surface area contributed by atoms with E-state index in [-0.39, 0.29) is 12.5 Å². The summed E-state index contributed by atoms with van der Waals surface area (Å²) >= 11 is 0. The summed E-state index contributed by atoms with van der Waals surface area (Å²) in [6, 6.07) is 0.401. The molecule has 15 heavy (non-hydrogen) atoms. The normalized spacial score (nSPS) is 19.7. The molecule has 0 radical (unpaired) electrons. The molecule has 1 fully saturated rings. The summed E-state index contributed by atoms with van der Waals surface area (Å²) in [5, 5.41) is 24.0. The second kappa shape index (κ2) is 5.44. The van der Waals surface area contributed by atoms with Crippen LogP contribution in [0.3, 0.4) is 0 Å². The summed E-state index contributed by atoms with van der Waals surface area (Å²) < 4.78 is 0. The molecule has 1 atom stereocenters. The number of carbonyl (C=O) groups is 1. The second-order valence-electron chi connectivity index (χ2n) is 4.42. The van der Waals surface area contributed by atoms with Crippen LogP contribution in [-0.2, 0) is 4.79 Å². The minimum atomic E-state index is -1.10.